The zero-order valence-corrected chi connectivity index (χ0v) is 18.7. The van der Waals surface area contributed by atoms with E-state index in [0.717, 1.165) is 34.4 Å². The molecule has 2 nitrogen and oxygen atoms in total. The Morgan fingerprint density at radius 2 is 1.70 bits per heavy atom. The van der Waals surface area contributed by atoms with Gasteiger partial charge in [-0.2, -0.15) is 0 Å². The normalized spacial score (nSPS) is 34.3. The number of hydrogen-bond acceptors (Lipinski definition) is 2. The Balaban J connectivity index is 1.31. The van der Waals surface area contributed by atoms with E-state index in [2.05, 4.69) is 19.2 Å². The van der Waals surface area contributed by atoms with Crippen LogP contribution in [0.15, 0.2) is 42.5 Å². The molecule has 4 saturated carbocycles. The van der Waals surface area contributed by atoms with Gasteiger partial charge in [0.05, 0.1) is 0 Å². The van der Waals surface area contributed by atoms with Gasteiger partial charge in [0.25, 0.3) is 0 Å². The van der Waals surface area contributed by atoms with Crippen LogP contribution < -0.4 is 10.1 Å². The highest BCUT2D eigenvalue weighted by Gasteiger charge is 2.59. The van der Waals surface area contributed by atoms with Gasteiger partial charge >= 0.3 is 0 Å². The second kappa shape index (κ2) is 7.24. The molecule has 1 N–H and O–H groups in total. The number of halogens is 2. The van der Waals surface area contributed by atoms with E-state index < -0.39 is 0 Å². The molecule has 0 radical (unpaired) electrons. The van der Waals surface area contributed by atoms with Crippen molar-refractivity contribution in [2.75, 3.05) is 0 Å². The maximum absolute atomic E-state index is 13.2. The summed E-state index contributed by atoms with van der Waals surface area (Å²) in [5.41, 5.74) is 3.25. The van der Waals surface area contributed by atoms with E-state index in [4.69, 9.17) is 16.3 Å². The molecule has 4 heteroatoms. The summed E-state index contributed by atoms with van der Waals surface area (Å²) in [7, 11) is 0. The van der Waals surface area contributed by atoms with Crippen LogP contribution in [-0.4, -0.2) is 5.54 Å². The number of benzene rings is 2. The van der Waals surface area contributed by atoms with Crippen molar-refractivity contribution in [2.24, 2.45) is 16.7 Å². The Kier molecular flexibility index (Phi) is 4.91. The predicted molar refractivity (Wildman–Crippen MR) is 119 cm³/mol. The van der Waals surface area contributed by atoms with E-state index in [9.17, 15) is 4.39 Å². The fourth-order valence-electron chi connectivity index (χ4n) is 7.50. The van der Waals surface area contributed by atoms with Crippen molar-refractivity contribution in [3.63, 3.8) is 0 Å². The summed E-state index contributed by atoms with van der Waals surface area (Å²) in [5, 5.41) is 4.71. The molecular weight excluding hydrogens is 397 g/mol. The third-order valence-electron chi connectivity index (χ3n) is 7.61. The lowest BCUT2D eigenvalue weighted by atomic mass is 9.43. The minimum Gasteiger partial charge on any atom is -0.489 e. The molecule has 6 rings (SSSR count). The molecular formula is C26H31ClFNO. The SMILES string of the molecule is C[C@]12CC3CC(NCc4cc(Cl)ccc4OCc4ccc(F)cc4)(C1)C[C@@](C)(C3)C2. The maximum atomic E-state index is 13.2. The molecule has 2 aromatic rings. The first-order chi connectivity index (χ1) is 14.2. The lowest BCUT2D eigenvalue weighted by Crippen LogP contribution is -2.63. The molecule has 4 aliphatic carbocycles. The van der Waals surface area contributed by atoms with Gasteiger partial charge in [0.1, 0.15) is 18.2 Å². The summed E-state index contributed by atoms with van der Waals surface area (Å²) in [4.78, 5) is 0. The van der Waals surface area contributed by atoms with E-state index in [0.29, 0.717) is 17.4 Å². The first-order valence-electron chi connectivity index (χ1n) is 11.1. The Hall–Kier alpha value is -1.58. The third kappa shape index (κ3) is 3.99. The van der Waals surface area contributed by atoms with Crippen molar-refractivity contribution in [1.29, 1.82) is 0 Å². The van der Waals surface area contributed by atoms with Crippen LogP contribution >= 0.6 is 11.6 Å². The van der Waals surface area contributed by atoms with Crippen molar-refractivity contribution in [3.05, 3.63) is 64.4 Å². The third-order valence-corrected chi connectivity index (χ3v) is 7.85. The first kappa shape index (κ1) is 20.3. The summed E-state index contributed by atoms with van der Waals surface area (Å²) >= 11 is 6.33. The van der Waals surface area contributed by atoms with Crippen LogP contribution in [-0.2, 0) is 13.2 Å². The molecule has 30 heavy (non-hydrogen) atoms. The molecule has 4 aliphatic rings. The Labute approximate surface area is 184 Å². The van der Waals surface area contributed by atoms with E-state index in [1.807, 2.05) is 18.2 Å². The zero-order valence-electron chi connectivity index (χ0n) is 17.9. The lowest BCUT2D eigenvalue weighted by Gasteiger charge is -2.65. The Bertz CT molecular complexity index is 925. The largest absolute Gasteiger partial charge is 0.489 e. The highest BCUT2D eigenvalue weighted by atomic mass is 35.5. The monoisotopic (exact) mass is 427 g/mol. The lowest BCUT2D eigenvalue weighted by molar-refractivity contribution is -0.118. The number of nitrogens with one attached hydrogen (secondary N) is 1. The van der Waals surface area contributed by atoms with Gasteiger partial charge in [-0.25, -0.2) is 4.39 Å². The topological polar surface area (TPSA) is 21.3 Å². The van der Waals surface area contributed by atoms with Crippen LogP contribution in [0.1, 0.15) is 63.5 Å². The van der Waals surface area contributed by atoms with Crippen LogP contribution in [0, 0.1) is 22.6 Å². The van der Waals surface area contributed by atoms with Crippen molar-refractivity contribution in [3.8, 4) is 5.75 Å². The summed E-state index contributed by atoms with van der Waals surface area (Å²) in [6.07, 6.45) is 8.02. The highest BCUT2D eigenvalue weighted by Crippen LogP contribution is 2.66. The van der Waals surface area contributed by atoms with Crippen LogP contribution in [0.2, 0.25) is 5.02 Å². The smallest absolute Gasteiger partial charge is 0.124 e. The first-order valence-corrected chi connectivity index (χ1v) is 11.5. The van der Waals surface area contributed by atoms with Crippen molar-refractivity contribution in [1.82, 2.24) is 5.32 Å². The Morgan fingerprint density at radius 1 is 1.00 bits per heavy atom. The molecule has 2 unspecified atom stereocenters. The summed E-state index contributed by atoms with van der Waals surface area (Å²) < 4.78 is 19.3. The molecule has 0 aromatic heterocycles. The van der Waals surface area contributed by atoms with Gasteiger partial charge in [-0.05, 0) is 91.2 Å². The second-order valence-electron chi connectivity index (χ2n) is 10.9. The van der Waals surface area contributed by atoms with E-state index >= 15 is 0 Å². The van der Waals surface area contributed by atoms with E-state index in [1.165, 1.54) is 50.7 Å². The molecule has 4 bridgehead atoms. The van der Waals surface area contributed by atoms with Crippen molar-refractivity contribution < 1.29 is 9.13 Å². The van der Waals surface area contributed by atoms with Gasteiger partial charge in [0.15, 0.2) is 0 Å². The summed E-state index contributed by atoms with van der Waals surface area (Å²) in [6.45, 7) is 6.18. The van der Waals surface area contributed by atoms with Crippen molar-refractivity contribution >= 4 is 11.6 Å². The minimum absolute atomic E-state index is 0.229. The summed E-state index contributed by atoms with van der Waals surface area (Å²) in [6, 6.07) is 12.3. The number of ether oxygens (including phenoxy) is 1. The quantitative estimate of drug-likeness (QED) is 0.541. The molecule has 0 spiro atoms. The summed E-state index contributed by atoms with van der Waals surface area (Å²) in [5.74, 6) is 1.48. The molecule has 0 amide bonds. The average molecular weight is 428 g/mol. The van der Waals surface area contributed by atoms with Crippen molar-refractivity contribution in [2.45, 2.75) is 71.1 Å². The highest BCUT2D eigenvalue weighted by molar-refractivity contribution is 6.30. The van der Waals surface area contributed by atoms with Crippen LogP contribution in [0.4, 0.5) is 4.39 Å². The van der Waals surface area contributed by atoms with Gasteiger partial charge in [-0.15, -0.1) is 0 Å². The minimum atomic E-state index is -0.229. The van der Waals surface area contributed by atoms with E-state index in [1.54, 1.807) is 12.1 Å². The standard InChI is InChI=1S/C26H31ClFNO/c1-24-10-19-11-25(2,15-24)17-26(12-19,16-24)29-13-20-9-21(27)5-8-23(20)30-14-18-3-6-22(28)7-4-18/h3-9,19,29H,10-17H2,1-2H3/t19?,24-,25+,26?. The number of rotatable bonds is 6. The predicted octanol–water partition coefficient (Wildman–Crippen LogP) is 6.90. The van der Waals surface area contributed by atoms with Crippen LogP contribution in [0.25, 0.3) is 0 Å². The fraction of sp³-hybridized carbons (Fsp3) is 0.538. The molecule has 160 valence electrons. The van der Waals surface area contributed by atoms with Gasteiger partial charge in [0, 0.05) is 22.7 Å². The van der Waals surface area contributed by atoms with Gasteiger partial charge in [0.2, 0.25) is 0 Å². The molecule has 0 aliphatic heterocycles. The molecule has 4 atom stereocenters. The Morgan fingerprint density at radius 3 is 2.37 bits per heavy atom. The fourth-order valence-corrected chi connectivity index (χ4v) is 7.69. The van der Waals surface area contributed by atoms with Crippen LogP contribution in [0.3, 0.4) is 0 Å². The van der Waals surface area contributed by atoms with Crippen LogP contribution in [0.5, 0.6) is 5.75 Å². The molecule has 4 fully saturated rings. The molecule has 0 saturated heterocycles. The average Bonchev–Trinajstić information content (AvgIpc) is 2.64. The zero-order chi connectivity index (χ0) is 21.0. The second-order valence-corrected chi connectivity index (χ2v) is 11.4. The van der Waals surface area contributed by atoms with Gasteiger partial charge in [-0.3, -0.25) is 0 Å². The maximum Gasteiger partial charge on any atom is 0.124 e. The van der Waals surface area contributed by atoms with Gasteiger partial charge < -0.3 is 10.1 Å². The number of hydrogen-bond donors (Lipinski definition) is 1. The molecule has 2 aromatic carbocycles. The molecule has 0 heterocycles. The van der Waals surface area contributed by atoms with E-state index in [-0.39, 0.29) is 11.4 Å². The van der Waals surface area contributed by atoms with Gasteiger partial charge in [-0.1, -0.05) is 37.6 Å².